The van der Waals surface area contributed by atoms with Gasteiger partial charge in [0, 0.05) is 12.1 Å². The van der Waals surface area contributed by atoms with Crippen molar-refractivity contribution in [1.82, 2.24) is 0 Å². The van der Waals surface area contributed by atoms with E-state index < -0.39 is 27.6 Å². The Balaban J connectivity index is 1.88. The zero-order valence-corrected chi connectivity index (χ0v) is 16.3. The van der Waals surface area contributed by atoms with Gasteiger partial charge in [-0.25, -0.2) is 4.79 Å². The molecule has 4 N–H and O–H groups in total. The number of nitrogens with zero attached hydrogens (tertiary/aromatic N) is 4. The third kappa shape index (κ3) is 5.26. The lowest BCUT2D eigenvalue weighted by molar-refractivity contribution is 0.0697. The minimum absolute atomic E-state index is 0.0112. The SMILES string of the molecule is O=C(O)c1ccccc1N=Nc1c(O)cc(N=Nc2cccc(S(=O)(=O)O)c2)cc1O. The number of hydrogen-bond donors (Lipinski definition) is 4. The molecule has 158 valence electrons. The maximum atomic E-state index is 11.2. The molecule has 0 aromatic heterocycles. The smallest absolute Gasteiger partial charge is 0.337 e. The van der Waals surface area contributed by atoms with Gasteiger partial charge in [0.25, 0.3) is 10.1 Å². The van der Waals surface area contributed by atoms with Crippen LogP contribution < -0.4 is 0 Å². The van der Waals surface area contributed by atoms with Gasteiger partial charge >= 0.3 is 5.97 Å². The van der Waals surface area contributed by atoms with E-state index in [9.17, 15) is 23.4 Å². The third-order valence-corrected chi connectivity index (χ3v) is 4.69. The van der Waals surface area contributed by atoms with Gasteiger partial charge in [-0.15, -0.1) is 10.2 Å². The fourth-order valence-corrected chi connectivity index (χ4v) is 2.94. The number of aromatic hydroxyl groups is 2. The third-order valence-electron chi connectivity index (χ3n) is 3.84. The molecule has 0 bridgehead atoms. The second kappa shape index (κ2) is 8.69. The van der Waals surface area contributed by atoms with Gasteiger partial charge in [0.15, 0.2) is 5.69 Å². The van der Waals surface area contributed by atoms with Crippen molar-refractivity contribution in [2.45, 2.75) is 4.90 Å². The van der Waals surface area contributed by atoms with E-state index in [-0.39, 0.29) is 33.2 Å². The summed E-state index contributed by atoms with van der Waals surface area (Å²) in [6, 6.07) is 13.1. The van der Waals surface area contributed by atoms with Crippen molar-refractivity contribution in [3.05, 3.63) is 66.2 Å². The fraction of sp³-hybridized carbons (Fsp3) is 0. The Labute approximate surface area is 175 Å². The molecule has 11 nitrogen and oxygen atoms in total. The quantitative estimate of drug-likeness (QED) is 0.310. The Bertz CT molecular complexity index is 1300. The highest BCUT2D eigenvalue weighted by atomic mass is 32.2. The molecular formula is C19H14N4O7S. The lowest BCUT2D eigenvalue weighted by atomic mass is 10.2. The first-order chi connectivity index (χ1) is 14.6. The van der Waals surface area contributed by atoms with E-state index in [2.05, 4.69) is 20.5 Å². The summed E-state index contributed by atoms with van der Waals surface area (Å²) in [5, 5.41) is 44.5. The molecule has 0 atom stereocenters. The second-order valence-electron chi connectivity index (χ2n) is 6.03. The molecule has 3 aromatic rings. The average Bonchev–Trinajstić information content (AvgIpc) is 2.71. The monoisotopic (exact) mass is 442 g/mol. The number of rotatable bonds is 6. The van der Waals surface area contributed by atoms with E-state index in [0.717, 1.165) is 18.2 Å². The largest absolute Gasteiger partial charge is 0.505 e. The van der Waals surface area contributed by atoms with E-state index >= 15 is 0 Å². The maximum Gasteiger partial charge on any atom is 0.337 e. The van der Waals surface area contributed by atoms with E-state index in [1.165, 1.54) is 36.4 Å². The van der Waals surface area contributed by atoms with Crippen LogP contribution in [0.3, 0.4) is 0 Å². The number of phenolic OH excluding ortho intramolecular Hbond substituents is 2. The van der Waals surface area contributed by atoms with Crippen LogP contribution in [0.1, 0.15) is 10.4 Å². The van der Waals surface area contributed by atoms with Crippen LogP contribution in [0.25, 0.3) is 0 Å². The van der Waals surface area contributed by atoms with Gasteiger partial charge in [-0.3, -0.25) is 4.55 Å². The average molecular weight is 442 g/mol. The van der Waals surface area contributed by atoms with Crippen molar-refractivity contribution in [2.24, 2.45) is 20.5 Å². The number of azo groups is 2. The fourth-order valence-electron chi connectivity index (χ4n) is 2.42. The molecular weight excluding hydrogens is 428 g/mol. The topological polar surface area (TPSA) is 182 Å². The minimum Gasteiger partial charge on any atom is -0.505 e. The summed E-state index contributed by atoms with van der Waals surface area (Å²) in [5.41, 5.74) is -0.285. The van der Waals surface area contributed by atoms with Crippen molar-refractivity contribution < 1.29 is 33.1 Å². The van der Waals surface area contributed by atoms with Gasteiger partial charge in [-0.05, 0) is 30.3 Å². The van der Waals surface area contributed by atoms with Gasteiger partial charge in [-0.2, -0.15) is 18.6 Å². The molecule has 3 aromatic carbocycles. The molecule has 0 radical (unpaired) electrons. The van der Waals surface area contributed by atoms with Crippen LogP contribution in [-0.4, -0.2) is 34.3 Å². The van der Waals surface area contributed by atoms with Gasteiger partial charge in [0.1, 0.15) is 17.2 Å². The minimum atomic E-state index is -4.41. The molecule has 3 rings (SSSR count). The molecule has 0 fully saturated rings. The maximum absolute atomic E-state index is 11.2. The van der Waals surface area contributed by atoms with Crippen LogP contribution in [0.2, 0.25) is 0 Å². The van der Waals surface area contributed by atoms with Crippen LogP contribution >= 0.6 is 0 Å². The number of benzene rings is 3. The summed E-state index contributed by atoms with van der Waals surface area (Å²) < 4.78 is 31.4. The van der Waals surface area contributed by atoms with E-state index in [1.807, 2.05) is 0 Å². The Morgan fingerprint density at radius 1 is 0.774 bits per heavy atom. The van der Waals surface area contributed by atoms with E-state index in [4.69, 9.17) is 9.66 Å². The number of carboxylic acids is 1. The number of hydrogen-bond acceptors (Lipinski definition) is 9. The van der Waals surface area contributed by atoms with Crippen molar-refractivity contribution in [3.8, 4) is 11.5 Å². The van der Waals surface area contributed by atoms with Crippen LogP contribution in [0.4, 0.5) is 22.7 Å². The van der Waals surface area contributed by atoms with E-state index in [1.54, 1.807) is 6.07 Å². The summed E-state index contributed by atoms with van der Waals surface area (Å²) in [6.45, 7) is 0. The molecule has 0 heterocycles. The highest BCUT2D eigenvalue weighted by Gasteiger charge is 2.12. The summed E-state index contributed by atoms with van der Waals surface area (Å²) >= 11 is 0. The zero-order chi connectivity index (χ0) is 22.6. The lowest BCUT2D eigenvalue weighted by Crippen LogP contribution is -1.96. The molecule has 31 heavy (non-hydrogen) atoms. The van der Waals surface area contributed by atoms with Crippen LogP contribution in [0.5, 0.6) is 11.5 Å². The summed E-state index contributed by atoms with van der Waals surface area (Å²) in [5.74, 6) is -2.22. The number of carboxylic acid groups (broad SMARTS) is 1. The van der Waals surface area contributed by atoms with Gasteiger partial charge in [0.05, 0.1) is 21.8 Å². The Morgan fingerprint density at radius 2 is 1.42 bits per heavy atom. The second-order valence-corrected chi connectivity index (χ2v) is 7.45. The van der Waals surface area contributed by atoms with Gasteiger partial charge in [0.2, 0.25) is 0 Å². The molecule has 0 unspecified atom stereocenters. The van der Waals surface area contributed by atoms with Crippen molar-refractivity contribution in [2.75, 3.05) is 0 Å². The number of carbonyl (C=O) groups is 1. The van der Waals surface area contributed by atoms with Crippen LogP contribution in [0.15, 0.2) is 86.0 Å². The van der Waals surface area contributed by atoms with E-state index in [0.29, 0.717) is 0 Å². The van der Waals surface area contributed by atoms with Crippen molar-refractivity contribution in [1.29, 1.82) is 0 Å². The first kappa shape index (κ1) is 21.5. The Hall–Kier alpha value is -4.16. The predicted octanol–water partition coefficient (Wildman–Crippen LogP) is 4.87. The molecule has 0 spiro atoms. The van der Waals surface area contributed by atoms with Crippen molar-refractivity contribution >= 4 is 38.8 Å². The van der Waals surface area contributed by atoms with Crippen LogP contribution in [0, 0.1) is 0 Å². The first-order valence-electron chi connectivity index (χ1n) is 8.44. The van der Waals surface area contributed by atoms with Crippen LogP contribution in [-0.2, 0) is 10.1 Å². The molecule has 0 saturated carbocycles. The Kier molecular flexibility index (Phi) is 6.04. The van der Waals surface area contributed by atoms with Crippen molar-refractivity contribution in [3.63, 3.8) is 0 Å². The highest BCUT2D eigenvalue weighted by Crippen LogP contribution is 2.41. The lowest BCUT2D eigenvalue weighted by Gasteiger charge is -2.04. The van der Waals surface area contributed by atoms with Gasteiger partial charge in [-0.1, -0.05) is 18.2 Å². The molecule has 0 aliphatic heterocycles. The summed E-state index contributed by atoms with van der Waals surface area (Å²) in [6.07, 6.45) is 0. The summed E-state index contributed by atoms with van der Waals surface area (Å²) in [4.78, 5) is 10.8. The molecule has 0 saturated heterocycles. The summed E-state index contributed by atoms with van der Waals surface area (Å²) in [7, 11) is -4.41. The normalized spacial score (nSPS) is 11.9. The molecule has 0 amide bonds. The Morgan fingerprint density at radius 3 is 2.06 bits per heavy atom. The molecule has 0 aliphatic rings. The van der Waals surface area contributed by atoms with Gasteiger partial charge < -0.3 is 15.3 Å². The molecule has 0 aliphatic carbocycles. The molecule has 12 heteroatoms. The standard InChI is InChI=1S/C19H14N4O7S/c24-16-9-12(21-20-11-4-3-5-13(8-11)31(28,29)30)10-17(25)18(16)23-22-15-7-2-1-6-14(15)19(26)27/h1-10,24-25H,(H,26,27)(H,28,29,30). The number of phenols is 2. The number of aromatic carboxylic acids is 1. The predicted molar refractivity (Wildman–Crippen MR) is 108 cm³/mol. The highest BCUT2D eigenvalue weighted by molar-refractivity contribution is 7.85. The zero-order valence-electron chi connectivity index (χ0n) is 15.5. The first-order valence-corrected chi connectivity index (χ1v) is 9.88.